The van der Waals surface area contributed by atoms with Crippen LogP contribution in [0.5, 0.6) is 0 Å². The van der Waals surface area contributed by atoms with E-state index in [1.54, 1.807) is 34.6 Å². The van der Waals surface area contributed by atoms with Crippen molar-refractivity contribution in [1.82, 2.24) is 29.4 Å². The lowest BCUT2D eigenvalue weighted by molar-refractivity contribution is -0.147. The topological polar surface area (TPSA) is 173 Å². The van der Waals surface area contributed by atoms with Crippen molar-refractivity contribution in [2.45, 2.75) is 74.8 Å². The van der Waals surface area contributed by atoms with Crippen LogP contribution in [0, 0.1) is 23.0 Å². The van der Waals surface area contributed by atoms with Crippen LogP contribution in [0.15, 0.2) is 76.8 Å². The predicted molar refractivity (Wildman–Crippen MR) is 219 cm³/mol. The maximum atomic E-state index is 14.1. The van der Waals surface area contributed by atoms with Crippen molar-refractivity contribution < 1.29 is 52.0 Å². The number of sulfonamides is 2. The van der Waals surface area contributed by atoms with Gasteiger partial charge in [0.1, 0.15) is 39.6 Å². The van der Waals surface area contributed by atoms with Gasteiger partial charge in [-0.25, -0.2) is 25.6 Å². The van der Waals surface area contributed by atoms with Crippen molar-refractivity contribution in [2.75, 3.05) is 0 Å². The second kappa shape index (κ2) is 18.9. The summed E-state index contributed by atoms with van der Waals surface area (Å²) < 4.78 is 155. The molecule has 0 radical (unpaired) electrons. The predicted octanol–water partition coefficient (Wildman–Crippen LogP) is 8.42. The first kappa shape index (κ1) is 49.6. The Hall–Kier alpha value is -4.73. The standard InChI is InChI=1S/C19H16F4N4O2S.C18H17F4N3O2S.2H2S/c1-3-11-6-17-13(7-15(11)20)14(8-24)18(26-17)16-5-4-12(9-25-16)30(28,29)27-10(2)19(21,22)23;1-3-11-7-16-12(6-14(11)19)8-17(24-16)15-5-4-13(9-23-15)28(26,27)25-10(2)18(20,21)22;;/h4-7,9-10,26-27H,3H2,1-2H3;4-10,24-25H,3H2,1-2H3;2*1H2/t2*10-;;/m00../s1. The largest absolute Gasteiger partial charge is 0.404 e. The number of hydrogen-bond acceptors (Lipinski definition) is 7. The highest BCUT2D eigenvalue weighted by molar-refractivity contribution is 7.89. The molecular weight excluding hydrogens is 887 g/mol. The number of fused-ring (bicyclic) bond motifs is 2. The second-order valence-electron chi connectivity index (χ2n) is 12.9. The van der Waals surface area contributed by atoms with Gasteiger partial charge in [-0.2, -0.15) is 68.0 Å². The van der Waals surface area contributed by atoms with Crippen molar-refractivity contribution >= 4 is 68.8 Å². The van der Waals surface area contributed by atoms with Gasteiger partial charge in [0.25, 0.3) is 0 Å². The number of H-pyrrole nitrogens is 2. The molecule has 4 heterocycles. The Bertz CT molecular complexity index is 2730. The number of alkyl halides is 6. The van der Waals surface area contributed by atoms with Gasteiger partial charge in [-0.15, -0.1) is 0 Å². The van der Waals surface area contributed by atoms with Gasteiger partial charge in [0, 0.05) is 34.2 Å². The molecule has 4 aromatic heterocycles. The minimum Gasteiger partial charge on any atom is -0.353 e. The smallest absolute Gasteiger partial charge is 0.353 e. The molecule has 0 fully saturated rings. The maximum Gasteiger partial charge on any atom is 0.404 e. The average Bonchev–Trinajstić information content (AvgIpc) is 3.73. The molecule has 0 aliphatic carbocycles. The molecule has 0 saturated carbocycles. The Labute approximate surface area is 353 Å². The van der Waals surface area contributed by atoms with E-state index in [1.165, 1.54) is 24.3 Å². The van der Waals surface area contributed by atoms with E-state index in [0.29, 0.717) is 71.0 Å². The minimum atomic E-state index is -4.74. The number of rotatable bonds is 10. The molecule has 23 heteroatoms. The number of nitrogens with zero attached hydrogens (tertiary/aromatic N) is 3. The molecule has 0 aliphatic rings. The zero-order valence-corrected chi connectivity index (χ0v) is 35.4. The summed E-state index contributed by atoms with van der Waals surface area (Å²) in [5.41, 5.74) is 3.69. The van der Waals surface area contributed by atoms with Crippen LogP contribution in [-0.4, -0.2) is 61.2 Å². The van der Waals surface area contributed by atoms with Gasteiger partial charge in [-0.3, -0.25) is 9.97 Å². The van der Waals surface area contributed by atoms with Crippen LogP contribution < -0.4 is 9.44 Å². The quantitative estimate of drug-likeness (QED) is 0.0999. The molecule has 0 aliphatic heterocycles. The van der Waals surface area contributed by atoms with Crippen molar-refractivity contribution in [3.8, 4) is 28.8 Å². The van der Waals surface area contributed by atoms with Crippen LogP contribution >= 0.6 is 27.0 Å². The van der Waals surface area contributed by atoms with Crippen molar-refractivity contribution in [3.63, 3.8) is 0 Å². The zero-order valence-electron chi connectivity index (χ0n) is 31.7. The minimum absolute atomic E-state index is 0. The second-order valence-corrected chi connectivity index (χ2v) is 16.4. The summed E-state index contributed by atoms with van der Waals surface area (Å²) in [4.78, 5) is 13.2. The maximum absolute atomic E-state index is 14.1. The lowest BCUT2D eigenvalue weighted by Gasteiger charge is -2.17. The summed E-state index contributed by atoms with van der Waals surface area (Å²) >= 11 is 0. The van der Waals surface area contributed by atoms with Gasteiger partial charge in [0.2, 0.25) is 20.0 Å². The number of benzene rings is 2. The first-order chi connectivity index (χ1) is 27.0. The van der Waals surface area contributed by atoms with E-state index in [0.717, 1.165) is 24.5 Å². The van der Waals surface area contributed by atoms with Gasteiger partial charge in [0.05, 0.1) is 28.3 Å². The number of hydrogen-bond donors (Lipinski definition) is 4. The van der Waals surface area contributed by atoms with Gasteiger partial charge in [-0.05, 0) is 92.4 Å². The molecule has 0 unspecified atom stereocenters. The zero-order chi connectivity index (χ0) is 43.0. The Morgan fingerprint density at radius 1 is 0.700 bits per heavy atom. The molecule has 0 spiro atoms. The van der Waals surface area contributed by atoms with Gasteiger partial charge < -0.3 is 9.97 Å². The Morgan fingerprint density at radius 2 is 1.17 bits per heavy atom. The molecule has 0 amide bonds. The third-order valence-corrected chi connectivity index (χ3v) is 12.0. The van der Waals surface area contributed by atoms with Gasteiger partial charge in [0.15, 0.2) is 0 Å². The molecule has 4 N–H and O–H groups in total. The number of halogens is 8. The monoisotopic (exact) mass is 923 g/mol. The number of nitriles is 1. The summed E-state index contributed by atoms with van der Waals surface area (Å²) in [6.07, 6.45) is -6.58. The van der Waals surface area contributed by atoms with Gasteiger partial charge >= 0.3 is 12.4 Å². The highest BCUT2D eigenvalue weighted by Gasteiger charge is 2.40. The third kappa shape index (κ3) is 11.0. The molecule has 2 atom stereocenters. The lowest BCUT2D eigenvalue weighted by Crippen LogP contribution is -2.42. The van der Waals surface area contributed by atoms with Gasteiger partial charge in [-0.1, -0.05) is 13.8 Å². The van der Waals surface area contributed by atoms with Crippen molar-refractivity contribution in [1.29, 1.82) is 5.26 Å². The summed E-state index contributed by atoms with van der Waals surface area (Å²) in [7, 11) is -8.83. The van der Waals surface area contributed by atoms with Crippen molar-refractivity contribution in [2.24, 2.45) is 0 Å². The van der Waals surface area contributed by atoms with Crippen LogP contribution in [0.1, 0.15) is 44.4 Å². The molecule has 324 valence electrons. The molecule has 60 heavy (non-hydrogen) atoms. The number of aromatic amines is 2. The summed E-state index contributed by atoms with van der Waals surface area (Å²) in [6, 6.07) is 9.93. The fourth-order valence-corrected chi connectivity index (χ4v) is 7.91. The SMILES string of the molecule is CCc1cc2[nH]c(-c3ccc(S(=O)(=O)N[C@@H](C)C(F)(F)F)cn3)c(C#N)c2cc1F.CCc1cc2[nH]c(-c3ccc(S(=O)(=O)N[C@@H](C)C(F)(F)F)cn3)cc2cc1F.S.S. The van der Waals surface area contributed by atoms with E-state index < -0.39 is 55.2 Å². The number of pyridine rings is 2. The van der Waals surface area contributed by atoms with E-state index in [-0.39, 0.29) is 54.7 Å². The molecule has 11 nitrogen and oxygen atoms in total. The Kier molecular flexibility index (Phi) is 15.6. The van der Waals surface area contributed by atoms with Crippen LogP contribution in [0.25, 0.3) is 44.6 Å². The molecule has 2 aromatic carbocycles. The summed E-state index contributed by atoms with van der Waals surface area (Å²) in [5, 5.41) is 10.5. The number of nitrogens with one attached hydrogen (secondary N) is 4. The van der Waals surface area contributed by atoms with E-state index in [1.807, 2.05) is 13.0 Å². The fourth-order valence-electron chi connectivity index (χ4n) is 5.57. The fraction of sp³-hybridized carbons (Fsp3) is 0.270. The van der Waals surface area contributed by atoms with E-state index in [4.69, 9.17) is 0 Å². The molecule has 0 saturated heterocycles. The molecule has 6 rings (SSSR count). The third-order valence-electron chi connectivity index (χ3n) is 8.90. The van der Waals surface area contributed by atoms with Crippen LogP contribution in [0.4, 0.5) is 35.1 Å². The molecular formula is C37H37F8N7O4S4. The Morgan fingerprint density at radius 3 is 1.60 bits per heavy atom. The first-order valence-corrected chi connectivity index (χ1v) is 20.1. The number of aryl methyl sites for hydroxylation is 2. The average molecular weight is 924 g/mol. The van der Waals surface area contributed by atoms with Crippen LogP contribution in [-0.2, 0) is 32.9 Å². The van der Waals surface area contributed by atoms with Crippen molar-refractivity contribution in [3.05, 3.63) is 95.3 Å². The highest BCUT2D eigenvalue weighted by atomic mass is 32.2. The highest BCUT2D eigenvalue weighted by Crippen LogP contribution is 2.32. The number of aromatic nitrogens is 4. The summed E-state index contributed by atoms with van der Waals surface area (Å²) in [6.45, 7) is 5.02. The molecule has 0 bridgehead atoms. The van der Waals surface area contributed by atoms with E-state index in [9.17, 15) is 57.2 Å². The normalized spacial score (nSPS) is 13.1. The molecule has 6 aromatic rings. The summed E-state index contributed by atoms with van der Waals surface area (Å²) in [5.74, 6) is -0.772. The first-order valence-electron chi connectivity index (χ1n) is 17.1. The van der Waals surface area contributed by atoms with Crippen LogP contribution in [0.2, 0.25) is 0 Å². The van der Waals surface area contributed by atoms with E-state index >= 15 is 0 Å². The van der Waals surface area contributed by atoms with Crippen LogP contribution in [0.3, 0.4) is 0 Å². The Balaban J connectivity index is 0.000000311. The van der Waals surface area contributed by atoms with E-state index in [2.05, 4.69) is 19.9 Å². The lowest BCUT2D eigenvalue weighted by atomic mass is 10.1.